The van der Waals surface area contributed by atoms with Gasteiger partial charge in [0.15, 0.2) is 0 Å². The van der Waals surface area contributed by atoms with Gasteiger partial charge in [0.1, 0.15) is 5.69 Å². The van der Waals surface area contributed by atoms with E-state index in [9.17, 15) is 9.59 Å². The van der Waals surface area contributed by atoms with Crippen LogP contribution in [0.5, 0.6) is 0 Å². The van der Waals surface area contributed by atoms with Crippen LogP contribution in [0.1, 0.15) is 33.5 Å². The molecule has 1 aromatic rings. The third-order valence-electron chi connectivity index (χ3n) is 2.43. The maximum absolute atomic E-state index is 11.6. The predicted molar refractivity (Wildman–Crippen MR) is 57.4 cm³/mol. The molecule has 1 rings (SSSR count). The van der Waals surface area contributed by atoms with Crippen LogP contribution in [-0.4, -0.2) is 30.2 Å². The summed E-state index contributed by atoms with van der Waals surface area (Å²) in [7, 11) is 3.00. The van der Waals surface area contributed by atoms with E-state index in [1.807, 2.05) is 0 Å². The van der Waals surface area contributed by atoms with Crippen molar-refractivity contribution in [2.24, 2.45) is 7.05 Å². The van der Waals surface area contributed by atoms with Gasteiger partial charge in [0, 0.05) is 12.7 Å². The minimum Gasteiger partial charge on any atom is -0.464 e. The van der Waals surface area contributed by atoms with E-state index in [4.69, 9.17) is 4.74 Å². The summed E-state index contributed by atoms with van der Waals surface area (Å²) in [5.41, 5.74) is 1.41. The molecule has 88 valence electrons. The normalized spacial score (nSPS) is 10.0. The van der Waals surface area contributed by atoms with Gasteiger partial charge in [-0.15, -0.1) is 0 Å². The van der Waals surface area contributed by atoms with Crippen LogP contribution in [0.4, 0.5) is 0 Å². The minimum atomic E-state index is -0.471. The highest BCUT2D eigenvalue weighted by Crippen LogP contribution is 2.16. The second-order valence-corrected chi connectivity index (χ2v) is 3.30. The number of carbonyl (C=O) groups is 2. The van der Waals surface area contributed by atoms with Crippen LogP contribution in [0, 0.1) is 6.92 Å². The molecule has 0 bridgehead atoms. The van der Waals surface area contributed by atoms with Crippen molar-refractivity contribution in [3.8, 4) is 0 Å². The lowest BCUT2D eigenvalue weighted by atomic mass is 10.2. The Bertz CT molecular complexity index is 420. The smallest absolute Gasteiger partial charge is 0.354 e. The van der Waals surface area contributed by atoms with Crippen LogP contribution in [0.15, 0.2) is 6.07 Å². The van der Waals surface area contributed by atoms with E-state index in [0.717, 1.165) is 0 Å². The van der Waals surface area contributed by atoms with E-state index in [1.54, 1.807) is 25.5 Å². The molecule has 0 fully saturated rings. The molecule has 0 aliphatic carbocycles. The molecule has 16 heavy (non-hydrogen) atoms. The van der Waals surface area contributed by atoms with Gasteiger partial charge in [-0.25, -0.2) is 9.59 Å². The number of esters is 2. The Morgan fingerprint density at radius 1 is 1.38 bits per heavy atom. The Labute approximate surface area is 94.0 Å². The van der Waals surface area contributed by atoms with Gasteiger partial charge in [-0.1, -0.05) is 0 Å². The molecule has 1 heterocycles. The monoisotopic (exact) mass is 225 g/mol. The van der Waals surface area contributed by atoms with Crippen LogP contribution < -0.4 is 0 Å². The molecular weight excluding hydrogens is 210 g/mol. The standard InChI is InChI=1S/C11H15NO4/c1-5-16-10(13)8-6-9(11(14)15-4)12(3)7(8)2/h6H,5H2,1-4H3. The lowest BCUT2D eigenvalue weighted by Gasteiger charge is -2.03. The molecule has 0 unspecified atom stereocenters. The third kappa shape index (κ3) is 2.08. The molecule has 0 radical (unpaired) electrons. The molecule has 5 nitrogen and oxygen atoms in total. The van der Waals surface area contributed by atoms with Crippen LogP contribution in [0.2, 0.25) is 0 Å². The minimum absolute atomic E-state index is 0.306. The van der Waals surface area contributed by atoms with Crippen molar-refractivity contribution in [2.45, 2.75) is 13.8 Å². The predicted octanol–water partition coefficient (Wildman–Crippen LogP) is 1.30. The Balaban J connectivity index is 3.14. The van der Waals surface area contributed by atoms with E-state index >= 15 is 0 Å². The summed E-state index contributed by atoms with van der Waals surface area (Å²) in [5, 5.41) is 0. The Morgan fingerprint density at radius 2 is 2.00 bits per heavy atom. The first-order chi connectivity index (χ1) is 7.52. The summed E-state index contributed by atoms with van der Waals surface area (Å²) in [5.74, 6) is -0.896. The number of methoxy groups -OCH3 is 1. The first kappa shape index (κ1) is 12.3. The first-order valence-electron chi connectivity index (χ1n) is 4.94. The zero-order chi connectivity index (χ0) is 12.3. The van der Waals surface area contributed by atoms with Crippen molar-refractivity contribution >= 4 is 11.9 Å². The first-order valence-corrected chi connectivity index (χ1v) is 4.94. The maximum Gasteiger partial charge on any atom is 0.354 e. The van der Waals surface area contributed by atoms with Crippen molar-refractivity contribution in [1.82, 2.24) is 4.57 Å². The molecule has 0 aliphatic heterocycles. The van der Waals surface area contributed by atoms with Crippen molar-refractivity contribution in [1.29, 1.82) is 0 Å². The second kappa shape index (κ2) is 4.83. The van der Waals surface area contributed by atoms with Gasteiger partial charge in [0.25, 0.3) is 0 Å². The number of ether oxygens (including phenoxy) is 2. The number of carbonyl (C=O) groups excluding carboxylic acids is 2. The van der Waals surface area contributed by atoms with Gasteiger partial charge in [-0.3, -0.25) is 0 Å². The SMILES string of the molecule is CCOC(=O)c1cc(C(=O)OC)n(C)c1C. The average Bonchev–Trinajstić information content (AvgIpc) is 2.56. The van der Waals surface area contributed by atoms with Gasteiger partial charge < -0.3 is 14.0 Å². The fraction of sp³-hybridized carbons (Fsp3) is 0.455. The molecule has 0 aromatic carbocycles. The highest BCUT2D eigenvalue weighted by Gasteiger charge is 2.20. The highest BCUT2D eigenvalue weighted by molar-refractivity contribution is 5.96. The summed E-state index contributed by atoms with van der Waals surface area (Å²) < 4.78 is 11.1. The summed E-state index contributed by atoms with van der Waals surface area (Å²) in [6, 6.07) is 1.49. The van der Waals surface area contributed by atoms with Crippen molar-refractivity contribution in [3.63, 3.8) is 0 Å². The molecule has 5 heteroatoms. The van der Waals surface area contributed by atoms with E-state index in [0.29, 0.717) is 23.6 Å². The molecule has 0 spiro atoms. The van der Waals surface area contributed by atoms with E-state index in [1.165, 1.54) is 13.2 Å². The van der Waals surface area contributed by atoms with E-state index < -0.39 is 11.9 Å². The maximum atomic E-state index is 11.6. The van der Waals surface area contributed by atoms with Crippen LogP contribution in [0.3, 0.4) is 0 Å². The highest BCUT2D eigenvalue weighted by atomic mass is 16.5. The van der Waals surface area contributed by atoms with E-state index in [2.05, 4.69) is 4.74 Å². The largest absolute Gasteiger partial charge is 0.464 e. The van der Waals surface area contributed by atoms with Gasteiger partial charge in [-0.2, -0.15) is 0 Å². The summed E-state index contributed by atoms with van der Waals surface area (Å²) in [6.07, 6.45) is 0. The van der Waals surface area contributed by atoms with E-state index in [-0.39, 0.29) is 0 Å². The fourth-order valence-corrected chi connectivity index (χ4v) is 1.42. The number of rotatable bonds is 3. The van der Waals surface area contributed by atoms with Gasteiger partial charge in [-0.05, 0) is 19.9 Å². The number of nitrogens with zero attached hydrogens (tertiary/aromatic N) is 1. The summed E-state index contributed by atoms with van der Waals surface area (Å²) in [6.45, 7) is 3.79. The third-order valence-corrected chi connectivity index (χ3v) is 2.43. The quantitative estimate of drug-likeness (QED) is 0.727. The Kier molecular flexibility index (Phi) is 3.71. The second-order valence-electron chi connectivity index (χ2n) is 3.30. The van der Waals surface area contributed by atoms with Gasteiger partial charge in [0.2, 0.25) is 0 Å². The summed E-state index contributed by atoms with van der Waals surface area (Å²) >= 11 is 0. The number of aromatic nitrogens is 1. The molecule has 0 atom stereocenters. The Hall–Kier alpha value is -1.78. The molecule has 1 aromatic heterocycles. The number of hydrogen-bond donors (Lipinski definition) is 0. The van der Waals surface area contributed by atoms with Crippen molar-refractivity contribution < 1.29 is 19.1 Å². The van der Waals surface area contributed by atoms with Crippen LogP contribution in [0.25, 0.3) is 0 Å². The fourth-order valence-electron chi connectivity index (χ4n) is 1.42. The average molecular weight is 225 g/mol. The molecule has 0 saturated carbocycles. The molecule has 0 N–H and O–H groups in total. The molecule has 0 amide bonds. The lowest BCUT2D eigenvalue weighted by Crippen LogP contribution is -2.08. The topological polar surface area (TPSA) is 57.5 Å². The van der Waals surface area contributed by atoms with Gasteiger partial charge >= 0.3 is 11.9 Å². The molecule has 0 saturated heterocycles. The molecular formula is C11H15NO4. The zero-order valence-electron chi connectivity index (χ0n) is 9.86. The Morgan fingerprint density at radius 3 is 2.50 bits per heavy atom. The van der Waals surface area contributed by atoms with Gasteiger partial charge in [0.05, 0.1) is 19.3 Å². The van der Waals surface area contributed by atoms with Crippen LogP contribution >= 0.6 is 0 Å². The number of hydrogen-bond acceptors (Lipinski definition) is 4. The van der Waals surface area contributed by atoms with Crippen molar-refractivity contribution in [3.05, 3.63) is 23.0 Å². The van der Waals surface area contributed by atoms with Crippen molar-refractivity contribution in [2.75, 3.05) is 13.7 Å². The zero-order valence-corrected chi connectivity index (χ0v) is 9.86. The molecule has 0 aliphatic rings. The lowest BCUT2D eigenvalue weighted by molar-refractivity contribution is 0.0525. The van der Waals surface area contributed by atoms with Crippen LogP contribution in [-0.2, 0) is 16.5 Å². The summed E-state index contributed by atoms with van der Waals surface area (Å²) in [4.78, 5) is 22.9.